The van der Waals surface area contributed by atoms with Crippen molar-refractivity contribution in [2.24, 2.45) is 0 Å². The highest BCUT2D eigenvalue weighted by Crippen LogP contribution is 2.32. The zero-order valence-corrected chi connectivity index (χ0v) is 20.9. The first-order valence-electron chi connectivity index (χ1n) is 10.7. The predicted octanol–water partition coefficient (Wildman–Crippen LogP) is 4.47. The number of nitrogens with one attached hydrogen (secondary N) is 1. The molecule has 1 fully saturated rings. The normalized spacial score (nSPS) is 19.4. The Morgan fingerprint density at radius 3 is 2.47 bits per heavy atom. The van der Waals surface area contributed by atoms with Gasteiger partial charge in [0.1, 0.15) is 10.7 Å². The third kappa shape index (κ3) is 4.62. The van der Waals surface area contributed by atoms with E-state index in [2.05, 4.69) is 15.3 Å². The molecule has 1 aliphatic rings. The Morgan fingerprint density at radius 2 is 1.76 bits per heavy atom. The quantitative estimate of drug-likeness (QED) is 0.422. The first-order valence-corrected chi connectivity index (χ1v) is 13.8. The van der Waals surface area contributed by atoms with Crippen LogP contribution in [0.4, 0.5) is 5.13 Å². The highest BCUT2D eigenvalue weighted by molar-refractivity contribution is 7.89. The number of anilines is 1. The van der Waals surface area contributed by atoms with Gasteiger partial charge in [0.2, 0.25) is 10.0 Å². The SMILES string of the molecule is C[C@H]1CN(S(=O)(=O)c2ccc(C(=O)Nc3nc(-c4nc5ccccc5s4)cs3)cc2)C[C@H](C)O1. The summed E-state index contributed by atoms with van der Waals surface area (Å²) in [5.74, 6) is -0.359. The molecule has 176 valence electrons. The number of para-hydroxylation sites is 1. The van der Waals surface area contributed by atoms with Gasteiger partial charge in [-0.25, -0.2) is 18.4 Å². The molecular weight excluding hydrogens is 492 g/mol. The van der Waals surface area contributed by atoms with Crippen LogP contribution in [0.15, 0.2) is 58.8 Å². The number of carbonyl (C=O) groups excluding carboxylic acids is 1. The van der Waals surface area contributed by atoms with Gasteiger partial charge >= 0.3 is 0 Å². The standard InChI is InChI=1S/C23H22N4O4S3/c1-14-11-27(12-15(2)31-14)34(29,30)17-9-7-16(8-10-17)21(28)26-23-25-19(13-32-23)22-24-18-5-3-4-6-20(18)33-22/h3-10,13-15H,11-12H2,1-2H3,(H,25,26,28)/t14-,15-/m0/s1. The highest BCUT2D eigenvalue weighted by Gasteiger charge is 2.32. The van der Waals surface area contributed by atoms with Gasteiger partial charge in [-0.15, -0.1) is 22.7 Å². The summed E-state index contributed by atoms with van der Waals surface area (Å²) in [5, 5.41) is 5.88. The number of hydrogen-bond donors (Lipinski definition) is 1. The van der Waals surface area contributed by atoms with E-state index in [1.54, 1.807) is 11.3 Å². The number of ether oxygens (including phenoxy) is 1. The average Bonchev–Trinajstić information content (AvgIpc) is 3.45. The zero-order valence-electron chi connectivity index (χ0n) is 18.5. The van der Waals surface area contributed by atoms with E-state index < -0.39 is 10.0 Å². The number of morpholine rings is 1. The van der Waals surface area contributed by atoms with Gasteiger partial charge in [0.05, 0.1) is 27.3 Å². The summed E-state index contributed by atoms with van der Waals surface area (Å²) in [7, 11) is -3.66. The van der Waals surface area contributed by atoms with E-state index in [-0.39, 0.29) is 23.0 Å². The zero-order chi connectivity index (χ0) is 23.9. The molecule has 2 aromatic heterocycles. The molecule has 3 heterocycles. The van der Waals surface area contributed by atoms with Gasteiger partial charge in [0.25, 0.3) is 5.91 Å². The molecule has 0 spiro atoms. The van der Waals surface area contributed by atoms with E-state index >= 15 is 0 Å². The number of thiazole rings is 2. The number of sulfonamides is 1. The van der Waals surface area contributed by atoms with Crippen LogP contribution < -0.4 is 5.32 Å². The number of rotatable bonds is 5. The molecule has 1 amide bonds. The molecule has 0 saturated carbocycles. The first kappa shape index (κ1) is 23.1. The fourth-order valence-electron chi connectivity index (χ4n) is 3.83. The van der Waals surface area contributed by atoms with Crippen LogP contribution in [0.3, 0.4) is 0 Å². The van der Waals surface area contributed by atoms with Gasteiger partial charge in [0.15, 0.2) is 5.13 Å². The maximum absolute atomic E-state index is 13.0. The van der Waals surface area contributed by atoms with E-state index in [0.717, 1.165) is 15.2 Å². The number of hydrogen-bond acceptors (Lipinski definition) is 8. The van der Waals surface area contributed by atoms with Crippen molar-refractivity contribution in [3.8, 4) is 10.7 Å². The second-order valence-electron chi connectivity index (χ2n) is 8.08. The topological polar surface area (TPSA) is 101 Å². The van der Waals surface area contributed by atoms with E-state index in [4.69, 9.17) is 4.74 Å². The minimum absolute atomic E-state index is 0.151. The molecule has 0 radical (unpaired) electrons. The van der Waals surface area contributed by atoms with Gasteiger partial charge in [-0.05, 0) is 50.2 Å². The van der Waals surface area contributed by atoms with Crippen molar-refractivity contribution < 1.29 is 17.9 Å². The van der Waals surface area contributed by atoms with Crippen molar-refractivity contribution in [3.63, 3.8) is 0 Å². The molecule has 5 rings (SSSR count). The molecule has 0 bridgehead atoms. The van der Waals surface area contributed by atoms with Crippen molar-refractivity contribution in [2.75, 3.05) is 18.4 Å². The van der Waals surface area contributed by atoms with Gasteiger partial charge in [-0.1, -0.05) is 12.1 Å². The van der Waals surface area contributed by atoms with E-state index in [9.17, 15) is 13.2 Å². The predicted molar refractivity (Wildman–Crippen MR) is 134 cm³/mol. The van der Waals surface area contributed by atoms with Gasteiger partial charge in [-0.2, -0.15) is 4.31 Å². The smallest absolute Gasteiger partial charge is 0.257 e. The first-order chi connectivity index (χ1) is 16.3. The lowest BCUT2D eigenvalue weighted by molar-refractivity contribution is -0.0440. The second kappa shape index (κ2) is 9.16. The van der Waals surface area contributed by atoms with E-state index in [1.807, 2.05) is 43.5 Å². The summed E-state index contributed by atoms with van der Waals surface area (Å²) in [4.78, 5) is 22.0. The lowest BCUT2D eigenvalue weighted by atomic mass is 10.2. The molecule has 1 N–H and O–H groups in total. The molecule has 1 saturated heterocycles. The Hall–Kier alpha value is -2.70. The molecule has 0 aliphatic carbocycles. The van der Waals surface area contributed by atoms with Crippen LogP contribution in [0, 0.1) is 0 Å². The Morgan fingerprint density at radius 1 is 1.06 bits per heavy atom. The van der Waals surface area contributed by atoms with Crippen molar-refractivity contribution >= 4 is 54.0 Å². The number of nitrogens with zero attached hydrogens (tertiary/aromatic N) is 3. The minimum atomic E-state index is -3.66. The maximum atomic E-state index is 13.0. The average molecular weight is 515 g/mol. The van der Waals surface area contributed by atoms with Crippen LogP contribution in [-0.2, 0) is 14.8 Å². The lowest BCUT2D eigenvalue weighted by Gasteiger charge is -2.34. The van der Waals surface area contributed by atoms with Crippen LogP contribution in [-0.4, -0.2) is 53.9 Å². The Bertz CT molecular complexity index is 1400. The summed E-state index contributed by atoms with van der Waals surface area (Å²) < 4.78 is 34.2. The van der Waals surface area contributed by atoms with Crippen LogP contribution in [0.5, 0.6) is 0 Å². The monoisotopic (exact) mass is 514 g/mol. The molecule has 34 heavy (non-hydrogen) atoms. The van der Waals surface area contributed by atoms with Gasteiger partial charge < -0.3 is 4.74 Å². The van der Waals surface area contributed by atoms with Crippen LogP contribution >= 0.6 is 22.7 Å². The fraction of sp³-hybridized carbons (Fsp3) is 0.261. The maximum Gasteiger partial charge on any atom is 0.257 e. The summed E-state index contributed by atoms with van der Waals surface area (Å²) in [5.41, 5.74) is 1.97. The third-order valence-corrected chi connectivity index (χ3v) is 9.04. The Balaban J connectivity index is 1.28. The number of fused-ring (bicyclic) bond motifs is 1. The second-order valence-corrected chi connectivity index (χ2v) is 11.9. The summed E-state index contributed by atoms with van der Waals surface area (Å²) in [6, 6.07) is 13.8. The van der Waals surface area contributed by atoms with E-state index in [0.29, 0.717) is 29.5 Å². The number of benzene rings is 2. The molecular formula is C23H22N4O4S3. The van der Waals surface area contributed by atoms with Crippen molar-refractivity contribution in [1.29, 1.82) is 0 Å². The fourth-order valence-corrected chi connectivity index (χ4v) is 7.12. The van der Waals surface area contributed by atoms with Crippen molar-refractivity contribution in [2.45, 2.75) is 31.0 Å². The number of aromatic nitrogens is 2. The number of carbonyl (C=O) groups is 1. The van der Waals surface area contributed by atoms with Crippen LogP contribution in [0.1, 0.15) is 24.2 Å². The third-order valence-electron chi connectivity index (χ3n) is 5.38. The van der Waals surface area contributed by atoms with Crippen molar-refractivity contribution in [3.05, 3.63) is 59.5 Å². The molecule has 2 atom stereocenters. The largest absolute Gasteiger partial charge is 0.373 e. The summed E-state index contributed by atoms with van der Waals surface area (Å²) in [6.45, 7) is 4.31. The van der Waals surface area contributed by atoms with E-state index in [1.165, 1.54) is 39.9 Å². The summed E-state index contributed by atoms with van der Waals surface area (Å²) in [6.07, 6.45) is -0.343. The summed E-state index contributed by atoms with van der Waals surface area (Å²) >= 11 is 2.86. The molecule has 4 aromatic rings. The molecule has 8 nitrogen and oxygen atoms in total. The van der Waals surface area contributed by atoms with Gasteiger partial charge in [-0.3, -0.25) is 10.1 Å². The molecule has 0 unspecified atom stereocenters. The minimum Gasteiger partial charge on any atom is -0.373 e. The molecule has 2 aromatic carbocycles. The highest BCUT2D eigenvalue weighted by atomic mass is 32.2. The lowest BCUT2D eigenvalue weighted by Crippen LogP contribution is -2.48. The molecule has 11 heteroatoms. The van der Waals surface area contributed by atoms with Gasteiger partial charge in [0, 0.05) is 24.0 Å². The molecule has 1 aliphatic heterocycles. The van der Waals surface area contributed by atoms with Crippen LogP contribution in [0.25, 0.3) is 20.9 Å². The number of amides is 1. The Labute approximate surface area is 205 Å². The Kier molecular flexibility index (Phi) is 6.21. The van der Waals surface area contributed by atoms with Crippen LogP contribution in [0.2, 0.25) is 0 Å². The van der Waals surface area contributed by atoms with Crippen molar-refractivity contribution in [1.82, 2.24) is 14.3 Å².